The summed E-state index contributed by atoms with van der Waals surface area (Å²) >= 11 is 0. The fourth-order valence-corrected chi connectivity index (χ4v) is 5.47. The Kier molecular flexibility index (Phi) is 34.4. The number of allylic oxidation sites excluding steroid dienone is 10. The first-order valence-corrected chi connectivity index (χ1v) is 20.7. The standard InChI is InChI=1S/C40H69O10P/c1-3-5-7-9-11-13-15-17-18-20-21-23-25-27-29-31-39(43)47-35-38(36-49-51(45,46)48-34-37(42)33-41)50-40(44)32-30-28-26-24-22-19-16-14-12-10-8-6-4-2/h6,8,11-14,17-19,22,37-38,41-42H,3-5,7,9-10,15-16,20-21,23-36H2,1-2H3,(H,45,46)/b8-6-,13-11-,14-12-,18-17-,22-19-. The predicted octanol–water partition coefficient (Wildman–Crippen LogP) is 9.55. The van der Waals surface area contributed by atoms with E-state index in [1.165, 1.54) is 19.3 Å². The quantitative estimate of drug-likeness (QED) is 0.0248. The molecule has 0 rings (SSSR count). The Labute approximate surface area is 308 Å². The summed E-state index contributed by atoms with van der Waals surface area (Å²) in [5, 5.41) is 18.3. The van der Waals surface area contributed by atoms with Gasteiger partial charge in [0, 0.05) is 12.8 Å². The summed E-state index contributed by atoms with van der Waals surface area (Å²) in [7, 11) is -4.63. The van der Waals surface area contributed by atoms with Gasteiger partial charge < -0.3 is 24.6 Å². The van der Waals surface area contributed by atoms with Gasteiger partial charge in [0.15, 0.2) is 6.10 Å². The highest BCUT2D eigenvalue weighted by atomic mass is 31.2. The number of rotatable bonds is 35. The molecule has 0 aliphatic rings. The van der Waals surface area contributed by atoms with Crippen molar-refractivity contribution in [1.82, 2.24) is 0 Å². The molecule has 3 N–H and O–H groups in total. The first-order valence-electron chi connectivity index (χ1n) is 19.2. The molecule has 0 bridgehead atoms. The van der Waals surface area contributed by atoms with E-state index >= 15 is 0 Å². The van der Waals surface area contributed by atoms with E-state index in [4.69, 9.17) is 19.1 Å². The monoisotopic (exact) mass is 740 g/mol. The minimum absolute atomic E-state index is 0.143. The number of unbranched alkanes of at least 4 members (excludes halogenated alkanes) is 11. The van der Waals surface area contributed by atoms with Crippen molar-refractivity contribution in [3.63, 3.8) is 0 Å². The van der Waals surface area contributed by atoms with E-state index in [-0.39, 0.29) is 19.4 Å². The van der Waals surface area contributed by atoms with Crippen LogP contribution in [0.15, 0.2) is 60.8 Å². The van der Waals surface area contributed by atoms with Crippen LogP contribution in [-0.4, -0.2) is 65.7 Å². The summed E-state index contributed by atoms with van der Waals surface area (Å²) in [6, 6.07) is 0. The maximum atomic E-state index is 12.5. The number of carbonyl (C=O) groups is 2. The number of hydrogen-bond acceptors (Lipinski definition) is 9. The average molecular weight is 741 g/mol. The summed E-state index contributed by atoms with van der Waals surface area (Å²) in [6.45, 7) is 2.16. The summed E-state index contributed by atoms with van der Waals surface area (Å²) in [5.74, 6) is -0.983. The highest BCUT2D eigenvalue weighted by Crippen LogP contribution is 2.43. The van der Waals surface area contributed by atoms with Gasteiger partial charge in [0.2, 0.25) is 0 Å². The third-order valence-corrected chi connectivity index (χ3v) is 8.61. The van der Waals surface area contributed by atoms with Gasteiger partial charge in [-0.2, -0.15) is 0 Å². The van der Waals surface area contributed by atoms with E-state index in [2.05, 4.69) is 79.1 Å². The third-order valence-electron chi connectivity index (χ3n) is 7.66. The van der Waals surface area contributed by atoms with Gasteiger partial charge in [-0.1, -0.05) is 113 Å². The molecule has 0 aliphatic carbocycles. The highest BCUT2D eigenvalue weighted by molar-refractivity contribution is 7.47. The van der Waals surface area contributed by atoms with E-state index in [1.54, 1.807) is 0 Å². The molecule has 11 heteroatoms. The Morgan fingerprint density at radius 3 is 1.65 bits per heavy atom. The summed E-state index contributed by atoms with van der Waals surface area (Å²) in [4.78, 5) is 34.8. The highest BCUT2D eigenvalue weighted by Gasteiger charge is 2.27. The Balaban J connectivity index is 4.44. The van der Waals surface area contributed by atoms with Crippen molar-refractivity contribution in [3.8, 4) is 0 Å². The fourth-order valence-electron chi connectivity index (χ4n) is 4.68. The van der Waals surface area contributed by atoms with Gasteiger partial charge >= 0.3 is 19.8 Å². The van der Waals surface area contributed by atoms with Crippen LogP contribution in [0.5, 0.6) is 0 Å². The average Bonchev–Trinajstić information content (AvgIpc) is 3.12. The van der Waals surface area contributed by atoms with Crippen molar-refractivity contribution in [1.29, 1.82) is 0 Å². The third kappa shape index (κ3) is 35.8. The van der Waals surface area contributed by atoms with Crippen molar-refractivity contribution in [2.24, 2.45) is 0 Å². The first kappa shape index (κ1) is 48.7. The molecule has 10 nitrogen and oxygen atoms in total. The molecule has 3 atom stereocenters. The number of phosphoric ester groups is 1. The Morgan fingerprint density at radius 2 is 1.08 bits per heavy atom. The topological polar surface area (TPSA) is 149 Å². The number of phosphoric acid groups is 1. The van der Waals surface area contributed by atoms with Crippen LogP contribution < -0.4 is 0 Å². The van der Waals surface area contributed by atoms with Crippen molar-refractivity contribution in [2.45, 2.75) is 154 Å². The number of carbonyl (C=O) groups excluding carboxylic acids is 2. The maximum absolute atomic E-state index is 12.5. The lowest BCUT2D eigenvalue weighted by Gasteiger charge is -2.20. The van der Waals surface area contributed by atoms with E-state index < -0.39 is 51.8 Å². The Morgan fingerprint density at radius 1 is 0.608 bits per heavy atom. The van der Waals surface area contributed by atoms with E-state index in [1.807, 2.05) is 0 Å². The van der Waals surface area contributed by atoms with Gasteiger partial charge in [-0.3, -0.25) is 18.6 Å². The van der Waals surface area contributed by atoms with Gasteiger partial charge in [0.05, 0.1) is 19.8 Å². The number of esters is 2. The van der Waals surface area contributed by atoms with Crippen molar-refractivity contribution in [2.75, 3.05) is 26.4 Å². The van der Waals surface area contributed by atoms with Gasteiger partial charge in [0.25, 0.3) is 0 Å². The summed E-state index contributed by atoms with van der Waals surface area (Å²) in [5.41, 5.74) is 0. The second-order valence-corrected chi connectivity index (χ2v) is 14.0. The van der Waals surface area contributed by atoms with Gasteiger partial charge in [-0.25, -0.2) is 4.57 Å². The molecule has 0 fully saturated rings. The lowest BCUT2D eigenvalue weighted by Crippen LogP contribution is -2.29. The van der Waals surface area contributed by atoms with E-state index in [9.17, 15) is 24.2 Å². The second kappa shape index (κ2) is 36.0. The minimum Gasteiger partial charge on any atom is -0.462 e. The van der Waals surface area contributed by atoms with Crippen LogP contribution in [0, 0.1) is 0 Å². The zero-order valence-corrected chi connectivity index (χ0v) is 32.4. The lowest BCUT2D eigenvalue weighted by atomic mass is 10.1. The molecule has 0 aliphatic heterocycles. The molecule has 0 aromatic rings. The zero-order chi connectivity index (χ0) is 37.7. The van der Waals surface area contributed by atoms with Crippen molar-refractivity contribution < 1.29 is 47.8 Å². The van der Waals surface area contributed by atoms with Crippen LogP contribution in [0.4, 0.5) is 0 Å². The van der Waals surface area contributed by atoms with Crippen LogP contribution in [0.3, 0.4) is 0 Å². The maximum Gasteiger partial charge on any atom is 0.472 e. The number of aliphatic hydroxyl groups is 2. The van der Waals surface area contributed by atoms with Crippen LogP contribution in [0.2, 0.25) is 0 Å². The molecule has 0 saturated heterocycles. The van der Waals surface area contributed by atoms with Crippen LogP contribution in [-0.2, 0) is 32.7 Å². The van der Waals surface area contributed by atoms with Gasteiger partial charge in [-0.05, 0) is 77.0 Å². The van der Waals surface area contributed by atoms with Gasteiger partial charge in [0.1, 0.15) is 12.7 Å². The second-order valence-electron chi connectivity index (χ2n) is 12.6. The summed E-state index contributed by atoms with van der Waals surface area (Å²) in [6.07, 6.45) is 37.6. The zero-order valence-electron chi connectivity index (χ0n) is 31.5. The van der Waals surface area contributed by atoms with Crippen LogP contribution >= 0.6 is 7.82 Å². The fraction of sp³-hybridized carbons (Fsp3) is 0.700. The molecule has 0 aromatic heterocycles. The first-order chi connectivity index (χ1) is 24.7. The molecule has 3 unspecified atom stereocenters. The summed E-state index contributed by atoms with van der Waals surface area (Å²) < 4.78 is 32.5. The number of aliphatic hydroxyl groups excluding tert-OH is 2. The van der Waals surface area contributed by atoms with Crippen LogP contribution in [0.1, 0.15) is 142 Å². The molecule has 51 heavy (non-hydrogen) atoms. The molecular formula is C40H69O10P. The molecule has 0 saturated carbocycles. The molecule has 294 valence electrons. The molecule has 0 aromatic carbocycles. The van der Waals surface area contributed by atoms with E-state index in [0.29, 0.717) is 12.8 Å². The van der Waals surface area contributed by atoms with Crippen molar-refractivity contribution >= 4 is 19.8 Å². The molecule has 0 amide bonds. The number of ether oxygens (including phenoxy) is 2. The molecule has 0 radical (unpaired) electrons. The molecular weight excluding hydrogens is 671 g/mol. The normalized spacial score (nSPS) is 14.7. The Hall–Kier alpha value is -2.33. The largest absolute Gasteiger partial charge is 0.472 e. The lowest BCUT2D eigenvalue weighted by molar-refractivity contribution is -0.161. The smallest absolute Gasteiger partial charge is 0.462 e. The minimum atomic E-state index is -4.63. The van der Waals surface area contributed by atoms with E-state index in [0.717, 1.165) is 83.5 Å². The van der Waals surface area contributed by atoms with Crippen molar-refractivity contribution in [3.05, 3.63) is 60.8 Å². The SMILES string of the molecule is CC/C=C\C/C=C\C/C=C\CCCCCC(=O)OC(COC(=O)CCCCCCC/C=C\C/C=C\CCCCC)COP(=O)(O)OCC(O)CO. The molecule has 0 spiro atoms. The predicted molar refractivity (Wildman–Crippen MR) is 205 cm³/mol. The van der Waals surface area contributed by atoms with Crippen LogP contribution in [0.25, 0.3) is 0 Å². The number of hydrogen-bond donors (Lipinski definition) is 3. The molecule has 0 heterocycles. The Bertz CT molecular complexity index is 1040. The van der Waals surface area contributed by atoms with Gasteiger partial charge in [-0.15, -0.1) is 0 Å².